The molecule has 3 heteroatoms. The normalized spacial score (nSPS) is 16.9. The molecule has 3 nitrogen and oxygen atoms in total. The third-order valence-electron chi connectivity index (χ3n) is 3.91. The molecule has 0 saturated heterocycles. The molecule has 1 aliphatic carbocycles. The van der Waals surface area contributed by atoms with E-state index in [1.807, 2.05) is 32.9 Å². The Hall–Kier alpha value is -1.51. The van der Waals surface area contributed by atoms with Crippen LogP contribution in [0.4, 0.5) is 0 Å². The second kappa shape index (κ2) is 4.30. The van der Waals surface area contributed by atoms with Gasteiger partial charge in [0.25, 0.3) is 0 Å². The molecule has 0 radical (unpaired) electrons. The third-order valence-corrected chi connectivity index (χ3v) is 3.91. The maximum Gasteiger partial charge on any atom is 0.304 e. The van der Waals surface area contributed by atoms with Crippen LogP contribution in [0.15, 0.2) is 12.1 Å². The monoisotopic (exact) mass is 248 g/mol. The van der Waals surface area contributed by atoms with Crippen LogP contribution in [-0.4, -0.2) is 16.2 Å². The van der Waals surface area contributed by atoms with Crippen molar-refractivity contribution < 1.29 is 15.0 Å². The number of phenols is 1. The summed E-state index contributed by atoms with van der Waals surface area (Å²) in [5.74, 6) is -0.241. The van der Waals surface area contributed by atoms with Gasteiger partial charge < -0.3 is 10.2 Å². The highest BCUT2D eigenvalue weighted by molar-refractivity contribution is 5.71. The number of carboxylic acids is 1. The summed E-state index contributed by atoms with van der Waals surface area (Å²) in [6, 6.07) is 3.93. The predicted octanol–water partition coefficient (Wildman–Crippen LogP) is 3.33. The number of carboxylic acid groups (broad SMARTS) is 1. The van der Waals surface area contributed by atoms with Crippen molar-refractivity contribution in [1.82, 2.24) is 0 Å². The molecule has 2 N–H and O–H groups in total. The fourth-order valence-electron chi connectivity index (χ4n) is 2.80. The maximum absolute atomic E-state index is 11.0. The quantitative estimate of drug-likeness (QED) is 0.859. The SMILES string of the molecule is Cc1ccc(C(C)C)c(O)c1C1(CC(=O)O)CC1. The maximum atomic E-state index is 11.0. The van der Waals surface area contributed by atoms with Crippen LogP contribution in [0.1, 0.15) is 55.7 Å². The lowest BCUT2D eigenvalue weighted by molar-refractivity contribution is -0.137. The third kappa shape index (κ3) is 2.09. The Morgan fingerprint density at radius 2 is 2.00 bits per heavy atom. The van der Waals surface area contributed by atoms with Crippen LogP contribution in [0.5, 0.6) is 5.75 Å². The minimum atomic E-state index is -0.791. The molecule has 2 rings (SSSR count). The average molecular weight is 248 g/mol. The second-order valence-corrected chi connectivity index (χ2v) is 5.70. The van der Waals surface area contributed by atoms with Gasteiger partial charge in [-0.25, -0.2) is 0 Å². The van der Waals surface area contributed by atoms with E-state index >= 15 is 0 Å². The van der Waals surface area contributed by atoms with E-state index < -0.39 is 5.97 Å². The van der Waals surface area contributed by atoms with Gasteiger partial charge in [-0.1, -0.05) is 26.0 Å². The molecule has 0 bridgehead atoms. The van der Waals surface area contributed by atoms with Gasteiger partial charge in [-0.15, -0.1) is 0 Å². The highest BCUT2D eigenvalue weighted by atomic mass is 16.4. The fraction of sp³-hybridized carbons (Fsp3) is 0.533. The first kappa shape index (κ1) is 12.9. The van der Waals surface area contributed by atoms with Crippen molar-refractivity contribution in [3.05, 3.63) is 28.8 Å². The van der Waals surface area contributed by atoms with Crippen LogP contribution in [0, 0.1) is 6.92 Å². The molecule has 1 saturated carbocycles. The topological polar surface area (TPSA) is 57.5 Å². The van der Waals surface area contributed by atoms with Crippen LogP contribution in [0.2, 0.25) is 0 Å². The zero-order valence-corrected chi connectivity index (χ0v) is 11.2. The van der Waals surface area contributed by atoms with Gasteiger partial charge in [-0.3, -0.25) is 4.79 Å². The van der Waals surface area contributed by atoms with Crippen molar-refractivity contribution in [3.63, 3.8) is 0 Å². The van der Waals surface area contributed by atoms with Crippen LogP contribution in [0.3, 0.4) is 0 Å². The van der Waals surface area contributed by atoms with Crippen LogP contribution in [-0.2, 0) is 10.2 Å². The summed E-state index contributed by atoms with van der Waals surface area (Å²) in [6.45, 7) is 6.01. The molecule has 0 heterocycles. The van der Waals surface area contributed by atoms with Crippen LogP contribution >= 0.6 is 0 Å². The lowest BCUT2D eigenvalue weighted by Crippen LogP contribution is -2.15. The number of aromatic hydroxyl groups is 1. The van der Waals surface area contributed by atoms with Gasteiger partial charge in [-0.2, -0.15) is 0 Å². The molecule has 1 aliphatic rings. The fourth-order valence-corrected chi connectivity index (χ4v) is 2.80. The predicted molar refractivity (Wildman–Crippen MR) is 70.1 cm³/mol. The first-order chi connectivity index (χ1) is 8.37. The highest BCUT2D eigenvalue weighted by Gasteiger charge is 2.48. The van der Waals surface area contributed by atoms with Gasteiger partial charge in [0.2, 0.25) is 0 Å². The molecule has 1 aromatic rings. The van der Waals surface area contributed by atoms with Crippen molar-refractivity contribution in [1.29, 1.82) is 0 Å². The van der Waals surface area contributed by atoms with E-state index in [-0.39, 0.29) is 17.8 Å². The van der Waals surface area contributed by atoms with Crippen molar-refractivity contribution in [2.75, 3.05) is 0 Å². The molecule has 18 heavy (non-hydrogen) atoms. The minimum absolute atomic E-state index is 0.114. The zero-order chi connectivity index (χ0) is 13.5. The van der Waals surface area contributed by atoms with Gasteiger partial charge in [0, 0.05) is 11.0 Å². The van der Waals surface area contributed by atoms with Gasteiger partial charge in [0.15, 0.2) is 0 Å². The van der Waals surface area contributed by atoms with Crippen LogP contribution < -0.4 is 0 Å². The molecule has 98 valence electrons. The number of benzene rings is 1. The molecule has 1 aromatic carbocycles. The smallest absolute Gasteiger partial charge is 0.304 e. The van der Waals surface area contributed by atoms with Crippen LogP contribution in [0.25, 0.3) is 0 Å². The first-order valence-corrected chi connectivity index (χ1v) is 6.42. The zero-order valence-electron chi connectivity index (χ0n) is 11.2. The van der Waals surface area contributed by atoms with Crippen molar-refractivity contribution in [2.24, 2.45) is 0 Å². The van der Waals surface area contributed by atoms with Gasteiger partial charge in [0.05, 0.1) is 6.42 Å². The molecule has 0 aliphatic heterocycles. The Bertz CT molecular complexity index is 485. The number of hydrogen-bond acceptors (Lipinski definition) is 2. The van der Waals surface area contributed by atoms with Crippen molar-refractivity contribution in [2.45, 2.75) is 51.4 Å². The highest BCUT2D eigenvalue weighted by Crippen LogP contribution is 2.55. The number of aliphatic carboxylic acids is 1. The van der Waals surface area contributed by atoms with Gasteiger partial charge in [-0.05, 0) is 36.8 Å². The molecule has 0 spiro atoms. The Morgan fingerprint density at radius 3 is 2.44 bits per heavy atom. The minimum Gasteiger partial charge on any atom is -0.507 e. The van der Waals surface area contributed by atoms with Crippen molar-refractivity contribution in [3.8, 4) is 5.75 Å². The lowest BCUT2D eigenvalue weighted by atomic mass is 9.85. The Kier molecular flexibility index (Phi) is 3.09. The summed E-state index contributed by atoms with van der Waals surface area (Å²) in [7, 11) is 0. The summed E-state index contributed by atoms with van der Waals surface area (Å²) < 4.78 is 0. The van der Waals surface area contributed by atoms with E-state index in [0.717, 1.165) is 29.5 Å². The lowest BCUT2D eigenvalue weighted by Gasteiger charge is -2.21. The summed E-state index contributed by atoms with van der Waals surface area (Å²) in [5.41, 5.74) is 2.43. The standard InChI is InChI=1S/C15H20O3/c1-9(2)11-5-4-10(3)13(14(11)18)15(6-7-15)8-12(16)17/h4-5,9,18H,6-8H2,1-3H3,(H,16,17). The number of rotatable bonds is 4. The molecular weight excluding hydrogens is 228 g/mol. The summed E-state index contributed by atoms with van der Waals surface area (Å²) in [4.78, 5) is 11.0. The number of carbonyl (C=O) groups is 1. The Morgan fingerprint density at radius 1 is 1.39 bits per heavy atom. The van der Waals surface area contributed by atoms with E-state index in [1.165, 1.54) is 0 Å². The summed E-state index contributed by atoms with van der Waals surface area (Å²) in [5, 5.41) is 19.5. The van der Waals surface area contributed by atoms with E-state index in [2.05, 4.69) is 0 Å². The summed E-state index contributed by atoms with van der Waals surface area (Å²) in [6.07, 6.45) is 1.83. The molecular formula is C15H20O3. The largest absolute Gasteiger partial charge is 0.507 e. The molecule has 0 atom stereocenters. The average Bonchev–Trinajstić information content (AvgIpc) is 2.96. The number of phenolic OH excluding ortho intramolecular Hbond substituents is 1. The summed E-state index contributed by atoms with van der Waals surface area (Å²) >= 11 is 0. The molecule has 1 fully saturated rings. The van der Waals surface area contributed by atoms with E-state index in [9.17, 15) is 9.90 Å². The molecule has 0 aromatic heterocycles. The van der Waals surface area contributed by atoms with E-state index in [4.69, 9.17) is 5.11 Å². The number of aryl methyl sites for hydroxylation is 1. The van der Waals surface area contributed by atoms with E-state index in [1.54, 1.807) is 0 Å². The van der Waals surface area contributed by atoms with Gasteiger partial charge >= 0.3 is 5.97 Å². The Balaban J connectivity index is 2.50. The van der Waals surface area contributed by atoms with Crippen molar-refractivity contribution >= 4 is 5.97 Å². The first-order valence-electron chi connectivity index (χ1n) is 6.42. The second-order valence-electron chi connectivity index (χ2n) is 5.70. The molecule has 0 amide bonds. The van der Waals surface area contributed by atoms with E-state index in [0.29, 0.717) is 5.75 Å². The number of hydrogen-bond donors (Lipinski definition) is 2. The Labute approximate surface area is 107 Å². The molecule has 0 unspecified atom stereocenters. The van der Waals surface area contributed by atoms with Gasteiger partial charge in [0.1, 0.15) is 5.75 Å².